The Morgan fingerprint density at radius 3 is 2.57 bits per heavy atom. The molecular formula is C18H21F3N2O5S2. The predicted octanol–water partition coefficient (Wildman–Crippen LogP) is 4.39. The van der Waals surface area contributed by atoms with Gasteiger partial charge in [-0.1, -0.05) is 0 Å². The third kappa shape index (κ3) is 4.97. The van der Waals surface area contributed by atoms with Crippen molar-refractivity contribution in [2.75, 3.05) is 5.75 Å². The highest BCUT2D eigenvalue weighted by atomic mass is 32.2. The normalized spacial score (nSPS) is 15.0. The number of amides is 1. The van der Waals surface area contributed by atoms with Crippen LogP contribution in [0.25, 0.3) is 10.9 Å². The molecule has 0 bridgehead atoms. The molecule has 2 heterocycles. The van der Waals surface area contributed by atoms with Crippen molar-refractivity contribution in [2.45, 2.75) is 56.3 Å². The first-order valence-corrected chi connectivity index (χ1v) is 11.4. The van der Waals surface area contributed by atoms with Gasteiger partial charge in [-0.15, -0.1) is 11.8 Å². The van der Waals surface area contributed by atoms with E-state index in [0.29, 0.717) is 35.2 Å². The average molecular weight is 467 g/mol. The number of alkyl halides is 3. The van der Waals surface area contributed by atoms with Crippen LogP contribution >= 0.6 is 11.8 Å². The first-order valence-electron chi connectivity index (χ1n) is 9.03. The maximum atomic E-state index is 12.8. The van der Waals surface area contributed by atoms with E-state index in [1.165, 1.54) is 22.4 Å². The minimum atomic E-state index is -5.78. The van der Waals surface area contributed by atoms with Crippen LogP contribution in [0.2, 0.25) is 0 Å². The standard InChI is InChI=1S/C18H21F3N2O5S2/c1-17(2,3)27-16(24)22-10-11-7-12-9-14(28-30(25,26)18(19,20)21)23-5-4-6-29-13(8-11)15(12)23/h7-9H,4-6,10H2,1-3H3,(H,22,24). The van der Waals surface area contributed by atoms with Crippen LogP contribution in [-0.4, -0.2) is 35.9 Å². The number of carbonyl (C=O) groups is 1. The predicted molar refractivity (Wildman–Crippen MR) is 106 cm³/mol. The Morgan fingerprint density at radius 2 is 1.93 bits per heavy atom. The van der Waals surface area contributed by atoms with E-state index >= 15 is 0 Å². The molecule has 1 aromatic heterocycles. The number of halogens is 3. The molecule has 2 aromatic rings. The van der Waals surface area contributed by atoms with Crippen molar-refractivity contribution in [1.29, 1.82) is 0 Å². The van der Waals surface area contributed by atoms with E-state index in [0.717, 1.165) is 4.90 Å². The molecule has 166 valence electrons. The lowest BCUT2D eigenvalue weighted by Gasteiger charge is -2.19. The van der Waals surface area contributed by atoms with Gasteiger partial charge < -0.3 is 18.8 Å². The van der Waals surface area contributed by atoms with Crippen LogP contribution < -0.4 is 9.50 Å². The maximum Gasteiger partial charge on any atom is 0.534 e. The van der Waals surface area contributed by atoms with Gasteiger partial charge in [0.25, 0.3) is 0 Å². The summed E-state index contributed by atoms with van der Waals surface area (Å²) in [6, 6.07) is 4.75. The summed E-state index contributed by atoms with van der Waals surface area (Å²) in [5, 5.41) is 3.15. The number of aryl methyl sites for hydroxylation is 1. The number of ether oxygens (including phenoxy) is 1. The van der Waals surface area contributed by atoms with Gasteiger partial charge in [0.2, 0.25) is 5.88 Å². The van der Waals surface area contributed by atoms with Crippen LogP contribution in [0, 0.1) is 0 Å². The highest BCUT2D eigenvalue weighted by Crippen LogP contribution is 2.39. The van der Waals surface area contributed by atoms with Crippen molar-refractivity contribution >= 4 is 38.9 Å². The summed E-state index contributed by atoms with van der Waals surface area (Å²) in [5.74, 6) is 0.314. The Bertz CT molecular complexity index is 1070. The summed E-state index contributed by atoms with van der Waals surface area (Å²) in [5.41, 5.74) is -4.87. The number of carbonyl (C=O) groups excluding carboxylic acids is 1. The van der Waals surface area contributed by atoms with E-state index in [2.05, 4.69) is 9.50 Å². The molecule has 0 spiro atoms. The Hall–Kier alpha value is -2.08. The Morgan fingerprint density at radius 1 is 1.23 bits per heavy atom. The molecule has 1 amide bonds. The quantitative estimate of drug-likeness (QED) is 0.531. The molecular weight excluding hydrogens is 445 g/mol. The van der Waals surface area contributed by atoms with Gasteiger partial charge in [-0.25, -0.2) is 4.79 Å². The summed E-state index contributed by atoms with van der Waals surface area (Å²) in [7, 11) is -5.78. The van der Waals surface area contributed by atoms with E-state index in [4.69, 9.17) is 4.74 Å². The molecule has 0 unspecified atom stereocenters. The molecule has 1 aromatic carbocycles. The van der Waals surface area contributed by atoms with Crippen LogP contribution in [0.15, 0.2) is 23.1 Å². The molecule has 0 saturated carbocycles. The minimum Gasteiger partial charge on any atom is -0.444 e. The number of hydrogen-bond acceptors (Lipinski definition) is 6. The summed E-state index contributed by atoms with van der Waals surface area (Å²) in [6.45, 7) is 5.68. The first kappa shape index (κ1) is 22.6. The van der Waals surface area contributed by atoms with E-state index < -0.39 is 27.3 Å². The van der Waals surface area contributed by atoms with Crippen LogP contribution in [0.3, 0.4) is 0 Å². The summed E-state index contributed by atoms with van der Waals surface area (Å²) < 4.78 is 72.3. The molecule has 0 atom stereocenters. The third-order valence-electron chi connectivity index (χ3n) is 4.08. The van der Waals surface area contributed by atoms with Gasteiger partial charge in [0.1, 0.15) is 5.60 Å². The van der Waals surface area contributed by atoms with Gasteiger partial charge in [-0.3, -0.25) is 0 Å². The molecule has 1 aliphatic heterocycles. The van der Waals surface area contributed by atoms with Crippen LogP contribution in [0.4, 0.5) is 18.0 Å². The number of aromatic nitrogens is 1. The number of alkyl carbamates (subject to hydrolysis) is 1. The summed E-state index contributed by atoms with van der Waals surface area (Å²) in [6.07, 6.45) is 0.0239. The Labute approximate surface area is 176 Å². The molecule has 0 fully saturated rings. The average Bonchev–Trinajstić information content (AvgIpc) is 2.76. The second-order valence-electron chi connectivity index (χ2n) is 7.71. The fourth-order valence-corrected chi connectivity index (χ4v) is 4.51. The largest absolute Gasteiger partial charge is 0.534 e. The van der Waals surface area contributed by atoms with Crippen molar-refractivity contribution in [3.8, 4) is 5.88 Å². The number of nitrogens with one attached hydrogen (secondary N) is 1. The second kappa shape index (κ2) is 7.88. The van der Waals surface area contributed by atoms with Crippen molar-refractivity contribution in [2.24, 2.45) is 0 Å². The molecule has 0 saturated heterocycles. The van der Waals surface area contributed by atoms with Crippen LogP contribution in [0.1, 0.15) is 32.8 Å². The number of benzene rings is 1. The number of nitrogens with zero attached hydrogens (tertiary/aromatic N) is 1. The van der Waals surface area contributed by atoms with E-state index in [9.17, 15) is 26.4 Å². The molecule has 12 heteroatoms. The highest BCUT2D eigenvalue weighted by Gasteiger charge is 2.49. The van der Waals surface area contributed by atoms with E-state index in [1.54, 1.807) is 26.8 Å². The molecule has 7 nitrogen and oxygen atoms in total. The van der Waals surface area contributed by atoms with Gasteiger partial charge in [0.05, 0.1) is 5.52 Å². The lowest BCUT2D eigenvalue weighted by molar-refractivity contribution is -0.0502. The summed E-state index contributed by atoms with van der Waals surface area (Å²) >= 11 is 1.51. The zero-order valence-electron chi connectivity index (χ0n) is 16.5. The molecule has 1 aliphatic rings. The van der Waals surface area contributed by atoms with Crippen LogP contribution in [-0.2, 0) is 27.9 Å². The van der Waals surface area contributed by atoms with Gasteiger partial charge in [0, 0.05) is 29.4 Å². The molecule has 30 heavy (non-hydrogen) atoms. The summed E-state index contributed by atoms with van der Waals surface area (Å²) in [4.78, 5) is 12.7. The van der Waals surface area contributed by atoms with Gasteiger partial charge in [-0.2, -0.15) is 21.6 Å². The maximum absolute atomic E-state index is 12.8. The SMILES string of the molecule is CC(C)(C)OC(=O)NCc1cc2c3c(c1)cc(OS(=O)(=O)C(F)(F)F)n3CCCS2. The van der Waals surface area contributed by atoms with E-state index in [-0.39, 0.29) is 12.4 Å². The Kier molecular flexibility index (Phi) is 5.93. The number of rotatable bonds is 4. The van der Waals surface area contributed by atoms with Crippen molar-refractivity contribution in [3.63, 3.8) is 0 Å². The Balaban J connectivity index is 1.93. The van der Waals surface area contributed by atoms with E-state index in [1.807, 2.05) is 6.07 Å². The highest BCUT2D eigenvalue weighted by molar-refractivity contribution is 7.99. The monoisotopic (exact) mass is 466 g/mol. The molecule has 0 radical (unpaired) electrons. The zero-order chi connectivity index (χ0) is 22.3. The zero-order valence-corrected chi connectivity index (χ0v) is 18.1. The lowest BCUT2D eigenvalue weighted by Crippen LogP contribution is -2.32. The first-order chi connectivity index (χ1) is 13.8. The number of thioether (sulfide) groups is 1. The van der Waals surface area contributed by atoms with Gasteiger partial charge in [0.15, 0.2) is 0 Å². The lowest BCUT2D eigenvalue weighted by atomic mass is 10.1. The smallest absolute Gasteiger partial charge is 0.444 e. The molecule has 0 aliphatic carbocycles. The van der Waals surface area contributed by atoms with Crippen molar-refractivity contribution in [3.05, 3.63) is 23.8 Å². The fraction of sp³-hybridized carbons (Fsp3) is 0.500. The minimum absolute atomic E-state index is 0.140. The number of hydrogen-bond donors (Lipinski definition) is 1. The molecule has 3 rings (SSSR count). The second-order valence-corrected chi connectivity index (χ2v) is 10.4. The van der Waals surface area contributed by atoms with Gasteiger partial charge in [-0.05, 0) is 50.6 Å². The topological polar surface area (TPSA) is 86.6 Å². The van der Waals surface area contributed by atoms with Gasteiger partial charge >= 0.3 is 21.7 Å². The fourth-order valence-electron chi connectivity index (χ4n) is 2.96. The van der Waals surface area contributed by atoms with Crippen molar-refractivity contribution in [1.82, 2.24) is 9.88 Å². The molecule has 1 N–H and O–H groups in total. The third-order valence-corrected chi connectivity index (χ3v) is 6.15. The van der Waals surface area contributed by atoms with Crippen molar-refractivity contribution < 1.29 is 35.3 Å². The van der Waals surface area contributed by atoms with Crippen LogP contribution in [0.5, 0.6) is 5.88 Å².